The van der Waals surface area contributed by atoms with Crippen molar-refractivity contribution < 1.29 is 9.90 Å². The summed E-state index contributed by atoms with van der Waals surface area (Å²) in [6.45, 7) is 3.02. The highest BCUT2D eigenvalue weighted by molar-refractivity contribution is 5.74. The Kier molecular flexibility index (Phi) is 4.03. The first-order valence-electron chi connectivity index (χ1n) is 6.04. The van der Waals surface area contributed by atoms with Gasteiger partial charge in [0.25, 0.3) is 0 Å². The third-order valence-corrected chi connectivity index (χ3v) is 3.14. The van der Waals surface area contributed by atoms with Gasteiger partial charge in [-0.2, -0.15) is 0 Å². The molecular formula is C12H19N3O2. The zero-order valence-corrected chi connectivity index (χ0v) is 9.88. The maximum atomic E-state index is 11.8. The summed E-state index contributed by atoms with van der Waals surface area (Å²) in [4.78, 5) is 13.5. The minimum absolute atomic E-state index is 0.0203. The predicted molar refractivity (Wildman–Crippen MR) is 64.6 cm³/mol. The highest BCUT2D eigenvalue weighted by Crippen LogP contribution is 2.14. The molecule has 1 saturated heterocycles. The molecule has 94 valence electrons. The number of nitrogens with one attached hydrogen (secondary N) is 1. The monoisotopic (exact) mass is 237 g/mol. The number of likely N-dealkylation sites (tertiary alicyclic amines) is 1. The molecule has 2 amide bonds. The van der Waals surface area contributed by atoms with E-state index in [2.05, 4.69) is 5.32 Å². The van der Waals surface area contributed by atoms with Gasteiger partial charge in [-0.25, -0.2) is 4.79 Å². The standard InChI is InChI=1S/C12H19N3O2/c16-10-11-3-7-15(9-11)12(17)13-4-8-14-5-1-2-6-14/h1-2,5-6,11,16H,3-4,7-10H2,(H,13,17). The van der Waals surface area contributed by atoms with Crippen molar-refractivity contribution in [3.63, 3.8) is 0 Å². The molecule has 0 aliphatic carbocycles. The lowest BCUT2D eigenvalue weighted by molar-refractivity contribution is 0.198. The number of aliphatic hydroxyl groups excluding tert-OH is 1. The van der Waals surface area contributed by atoms with Crippen molar-refractivity contribution in [2.45, 2.75) is 13.0 Å². The first-order valence-corrected chi connectivity index (χ1v) is 6.04. The Bertz CT molecular complexity index is 351. The van der Waals surface area contributed by atoms with E-state index in [1.807, 2.05) is 29.1 Å². The summed E-state index contributed by atoms with van der Waals surface area (Å²) in [5, 5.41) is 11.9. The molecule has 1 aliphatic heterocycles. The summed E-state index contributed by atoms with van der Waals surface area (Å²) in [6, 6.07) is 3.91. The minimum atomic E-state index is -0.0203. The number of hydrogen-bond acceptors (Lipinski definition) is 2. The SMILES string of the molecule is O=C(NCCn1cccc1)N1CCC(CO)C1. The predicted octanol–water partition coefficient (Wildman–Crippen LogP) is 0.512. The van der Waals surface area contributed by atoms with Crippen molar-refractivity contribution in [3.8, 4) is 0 Å². The van der Waals surface area contributed by atoms with Gasteiger partial charge in [0.2, 0.25) is 0 Å². The summed E-state index contributed by atoms with van der Waals surface area (Å²) in [7, 11) is 0. The molecule has 1 aromatic rings. The van der Waals surface area contributed by atoms with Gasteiger partial charge in [-0.05, 0) is 18.6 Å². The van der Waals surface area contributed by atoms with Crippen molar-refractivity contribution in [2.24, 2.45) is 5.92 Å². The zero-order chi connectivity index (χ0) is 12.1. The molecule has 2 heterocycles. The van der Waals surface area contributed by atoms with Crippen molar-refractivity contribution in [1.29, 1.82) is 0 Å². The molecule has 2 N–H and O–H groups in total. The van der Waals surface area contributed by atoms with Crippen LogP contribution in [-0.4, -0.2) is 46.8 Å². The fourth-order valence-corrected chi connectivity index (χ4v) is 2.09. The highest BCUT2D eigenvalue weighted by Gasteiger charge is 2.25. The number of carbonyl (C=O) groups is 1. The van der Waals surface area contributed by atoms with Crippen molar-refractivity contribution in [2.75, 3.05) is 26.2 Å². The topological polar surface area (TPSA) is 57.5 Å². The number of aromatic nitrogens is 1. The van der Waals surface area contributed by atoms with Gasteiger partial charge < -0.3 is 19.9 Å². The van der Waals surface area contributed by atoms with Crippen LogP contribution in [0.3, 0.4) is 0 Å². The van der Waals surface area contributed by atoms with E-state index in [0.29, 0.717) is 13.1 Å². The van der Waals surface area contributed by atoms with Crippen LogP contribution in [0.2, 0.25) is 0 Å². The van der Waals surface area contributed by atoms with Crippen LogP contribution in [0.5, 0.6) is 0 Å². The molecule has 1 fully saturated rings. The van der Waals surface area contributed by atoms with Gasteiger partial charge in [-0.15, -0.1) is 0 Å². The first-order chi connectivity index (χ1) is 8.29. The van der Waals surface area contributed by atoms with Gasteiger partial charge >= 0.3 is 6.03 Å². The molecular weight excluding hydrogens is 218 g/mol. The number of aliphatic hydroxyl groups is 1. The summed E-state index contributed by atoms with van der Waals surface area (Å²) < 4.78 is 2.03. The molecule has 0 radical (unpaired) electrons. The Morgan fingerprint density at radius 1 is 1.41 bits per heavy atom. The van der Waals surface area contributed by atoms with Crippen LogP contribution >= 0.6 is 0 Å². The molecule has 1 aromatic heterocycles. The zero-order valence-electron chi connectivity index (χ0n) is 9.88. The van der Waals surface area contributed by atoms with E-state index in [1.165, 1.54) is 0 Å². The van der Waals surface area contributed by atoms with Crippen LogP contribution in [0, 0.1) is 5.92 Å². The van der Waals surface area contributed by atoms with E-state index in [1.54, 1.807) is 4.90 Å². The lowest BCUT2D eigenvalue weighted by Gasteiger charge is -2.17. The molecule has 1 unspecified atom stereocenters. The Balaban J connectivity index is 1.67. The lowest BCUT2D eigenvalue weighted by atomic mass is 10.1. The highest BCUT2D eigenvalue weighted by atomic mass is 16.3. The molecule has 5 heteroatoms. The van der Waals surface area contributed by atoms with Gasteiger partial charge in [-0.1, -0.05) is 0 Å². The fourth-order valence-electron chi connectivity index (χ4n) is 2.09. The second-order valence-electron chi connectivity index (χ2n) is 4.44. The van der Waals surface area contributed by atoms with E-state index in [9.17, 15) is 4.79 Å². The summed E-state index contributed by atoms with van der Waals surface area (Å²) in [5.41, 5.74) is 0. The maximum absolute atomic E-state index is 11.8. The molecule has 17 heavy (non-hydrogen) atoms. The molecule has 1 atom stereocenters. The van der Waals surface area contributed by atoms with E-state index in [0.717, 1.165) is 19.5 Å². The third-order valence-electron chi connectivity index (χ3n) is 3.14. The Morgan fingerprint density at radius 3 is 2.82 bits per heavy atom. The quantitative estimate of drug-likeness (QED) is 0.801. The summed E-state index contributed by atoms with van der Waals surface area (Å²) >= 11 is 0. The van der Waals surface area contributed by atoms with Crippen LogP contribution in [0.1, 0.15) is 6.42 Å². The Morgan fingerprint density at radius 2 is 2.18 bits per heavy atom. The number of urea groups is 1. The van der Waals surface area contributed by atoms with Crippen molar-refractivity contribution in [1.82, 2.24) is 14.8 Å². The molecule has 2 rings (SSSR count). The Labute approximate surface area is 101 Å². The third kappa shape index (κ3) is 3.23. The Hall–Kier alpha value is -1.49. The number of carbonyl (C=O) groups excluding carboxylic acids is 1. The summed E-state index contributed by atoms with van der Waals surface area (Å²) in [5.74, 6) is 0.255. The average molecular weight is 237 g/mol. The molecule has 0 spiro atoms. The van der Waals surface area contributed by atoms with E-state index in [4.69, 9.17) is 5.11 Å². The van der Waals surface area contributed by atoms with Gasteiger partial charge in [0.1, 0.15) is 0 Å². The van der Waals surface area contributed by atoms with Crippen LogP contribution < -0.4 is 5.32 Å². The molecule has 0 aromatic carbocycles. The van der Waals surface area contributed by atoms with Crippen molar-refractivity contribution >= 4 is 6.03 Å². The lowest BCUT2D eigenvalue weighted by Crippen LogP contribution is -2.39. The van der Waals surface area contributed by atoms with Crippen LogP contribution in [0.25, 0.3) is 0 Å². The summed E-state index contributed by atoms with van der Waals surface area (Å²) in [6.07, 6.45) is 4.86. The average Bonchev–Trinajstić information content (AvgIpc) is 2.99. The van der Waals surface area contributed by atoms with E-state index in [-0.39, 0.29) is 18.6 Å². The fraction of sp³-hybridized carbons (Fsp3) is 0.583. The van der Waals surface area contributed by atoms with Crippen LogP contribution in [0.15, 0.2) is 24.5 Å². The van der Waals surface area contributed by atoms with Crippen molar-refractivity contribution in [3.05, 3.63) is 24.5 Å². The van der Waals surface area contributed by atoms with Gasteiger partial charge in [0.05, 0.1) is 0 Å². The normalized spacial score (nSPS) is 19.6. The second kappa shape index (κ2) is 5.72. The number of amides is 2. The second-order valence-corrected chi connectivity index (χ2v) is 4.44. The van der Waals surface area contributed by atoms with E-state index < -0.39 is 0 Å². The van der Waals surface area contributed by atoms with E-state index >= 15 is 0 Å². The molecule has 0 bridgehead atoms. The smallest absolute Gasteiger partial charge is 0.317 e. The number of rotatable bonds is 4. The molecule has 5 nitrogen and oxygen atoms in total. The van der Waals surface area contributed by atoms with Gasteiger partial charge in [0, 0.05) is 51.1 Å². The van der Waals surface area contributed by atoms with Crippen LogP contribution in [0.4, 0.5) is 4.79 Å². The number of hydrogen-bond donors (Lipinski definition) is 2. The van der Waals surface area contributed by atoms with Crippen LogP contribution in [-0.2, 0) is 6.54 Å². The van der Waals surface area contributed by atoms with Gasteiger partial charge in [-0.3, -0.25) is 0 Å². The minimum Gasteiger partial charge on any atom is -0.396 e. The first kappa shape index (κ1) is 12.0. The maximum Gasteiger partial charge on any atom is 0.317 e. The van der Waals surface area contributed by atoms with Gasteiger partial charge in [0.15, 0.2) is 0 Å². The molecule has 1 aliphatic rings. The molecule has 0 saturated carbocycles. The largest absolute Gasteiger partial charge is 0.396 e. The number of nitrogens with zero attached hydrogens (tertiary/aromatic N) is 2.